The van der Waals surface area contributed by atoms with Gasteiger partial charge in [0.25, 0.3) is 0 Å². The minimum Gasteiger partial charge on any atom is -0.334 e. The van der Waals surface area contributed by atoms with E-state index in [0.29, 0.717) is 0 Å². The van der Waals surface area contributed by atoms with Crippen LogP contribution in [0.4, 0.5) is 11.4 Å². The zero-order valence-electron chi connectivity index (χ0n) is 24.0. The third-order valence-corrected chi connectivity index (χ3v) is 10.2. The largest absolute Gasteiger partial charge is 0.334 e. The molecule has 196 valence electrons. The first-order valence-corrected chi connectivity index (χ1v) is 14.7. The summed E-state index contributed by atoms with van der Waals surface area (Å²) in [6, 6.07) is 36.9. The lowest BCUT2D eigenvalue weighted by Crippen LogP contribution is -2.54. The highest BCUT2D eigenvalue weighted by atomic mass is 15.3. The van der Waals surface area contributed by atoms with Crippen molar-refractivity contribution in [1.29, 1.82) is 0 Å². The van der Waals surface area contributed by atoms with Gasteiger partial charge in [-0.25, -0.2) is 0 Å². The van der Waals surface area contributed by atoms with Gasteiger partial charge >= 0.3 is 0 Å². The second-order valence-electron chi connectivity index (χ2n) is 13.4. The number of benzene rings is 5. The van der Waals surface area contributed by atoms with E-state index in [0.717, 1.165) is 0 Å². The summed E-state index contributed by atoms with van der Waals surface area (Å²) in [5.74, 6) is 0. The molecule has 0 radical (unpaired) electrons. The van der Waals surface area contributed by atoms with Gasteiger partial charge in [0.15, 0.2) is 0 Å². The number of anilines is 2. The normalized spacial score (nSPS) is 22.7. The van der Waals surface area contributed by atoms with Crippen molar-refractivity contribution in [3.63, 3.8) is 0 Å². The number of rotatable bonds is 2. The quantitative estimate of drug-likeness (QED) is 0.214. The second-order valence-corrected chi connectivity index (χ2v) is 13.4. The number of nitrogens with zero attached hydrogens (tertiary/aromatic N) is 1. The van der Waals surface area contributed by atoms with E-state index in [1.54, 1.807) is 0 Å². The van der Waals surface area contributed by atoms with Gasteiger partial charge in [0.2, 0.25) is 0 Å². The van der Waals surface area contributed by atoms with Gasteiger partial charge in [0.1, 0.15) is 0 Å². The van der Waals surface area contributed by atoms with Gasteiger partial charge in [0, 0.05) is 16.8 Å². The summed E-state index contributed by atoms with van der Waals surface area (Å²) in [5.41, 5.74) is 8.61. The van der Waals surface area contributed by atoms with Gasteiger partial charge < -0.3 is 4.90 Å². The summed E-state index contributed by atoms with van der Waals surface area (Å²) in [7, 11) is 0. The standard InChI is InChI=1S/C38H39N/c1-36(2,3)29-17-19-30(20-18-29)39-34-21-16-28(25-33(34)37(4)22-10-11-23-38(37,39)5)35-31-14-8-6-12-26(31)24-27-13-7-9-15-32(27)35/h6-9,12-21,24-25H,10-11,22-23H2,1-5H3. The zero-order valence-corrected chi connectivity index (χ0v) is 24.0. The maximum Gasteiger partial charge on any atom is 0.0517 e. The molecule has 7 rings (SSSR count). The molecule has 1 fully saturated rings. The molecule has 1 heterocycles. The SMILES string of the molecule is CC(C)(C)c1ccc(N2c3ccc(-c4c5ccccc5cc5ccccc45)cc3C3(C)CCCCC23C)cc1. The predicted molar refractivity (Wildman–Crippen MR) is 168 cm³/mol. The molecule has 0 N–H and O–H groups in total. The summed E-state index contributed by atoms with van der Waals surface area (Å²) < 4.78 is 0. The molecule has 1 saturated carbocycles. The van der Waals surface area contributed by atoms with Gasteiger partial charge in [-0.2, -0.15) is 0 Å². The summed E-state index contributed by atoms with van der Waals surface area (Å²) in [4.78, 5) is 2.69. The monoisotopic (exact) mass is 509 g/mol. The third-order valence-electron chi connectivity index (χ3n) is 10.2. The van der Waals surface area contributed by atoms with Gasteiger partial charge in [0.05, 0.1) is 5.54 Å². The fraction of sp³-hybridized carbons (Fsp3) is 0.316. The lowest BCUT2D eigenvalue weighted by Gasteiger charge is -2.50. The van der Waals surface area contributed by atoms with Gasteiger partial charge in [-0.15, -0.1) is 0 Å². The van der Waals surface area contributed by atoms with Crippen molar-refractivity contribution in [2.24, 2.45) is 0 Å². The van der Waals surface area contributed by atoms with E-state index in [1.165, 1.54) is 80.9 Å². The van der Waals surface area contributed by atoms with Crippen LogP contribution in [0.2, 0.25) is 0 Å². The lowest BCUT2D eigenvalue weighted by atomic mass is 9.61. The average molecular weight is 510 g/mol. The van der Waals surface area contributed by atoms with Gasteiger partial charge in [-0.3, -0.25) is 0 Å². The Morgan fingerprint density at radius 2 is 1.28 bits per heavy atom. The molecule has 2 aliphatic rings. The molecule has 1 aliphatic heterocycles. The Kier molecular flexibility index (Phi) is 5.30. The molecule has 2 atom stereocenters. The molecular weight excluding hydrogens is 470 g/mol. The van der Waals surface area contributed by atoms with Crippen molar-refractivity contribution in [3.05, 3.63) is 108 Å². The van der Waals surface area contributed by atoms with Crippen LogP contribution in [-0.4, -0.2) is 5.54 Å². The van der Waals surface area contributed by atoms with Crippen LogP contribution in [0, 0.1) is 0 Å². The molecule has 5 aromatic carbocycles. The Hall–Kier alpha value is -3.58. The molecule has 0 aromatic heterocycles. The van der Waals surface area contributed by atoms with E-state index in [4.69, 9.17) is 0 Å². The highest BCUT2D eigenvalue weighted by molar-refractivity contribution is 6.12. The number of hydrogen-bond donors (Lipinski definition) is 0. The minimum atomic E-state index is 0.0519. The van der Waals surface area contributed by atoms with Crippen molar-refractivity contribution in [2.75, 3.05) is 4.90 Å². The maximum absolute atomic E-state index is 2.69. The Labute approximate surface area is 233 Å². The highest BCUT2D eigenvalue weighted by Crippen LogP contribution is 2.61. The van der Waals surface area contributed by atoms with Crippen molar-refractivity contribution in [3.8, 4) is 11.1 Å². The van der Waals surface area contributed by atoms with Crippen molar-refractivity contribution < 1.29 is 0 Å². The van der Waals surface area contributed by atoms with Crippen molar-refractivity contribution >= 4 is 32.9 Å². The molecule has 0 saturated heterocycles. The second kappa shape index (κ2) is 8.46. The van der Waals surface area contributed by atoms with E-state index < -0.39 is 0 Å². The third kappa shape index (κ3) is 3.52. The maximum atomic E-state index is 2.69. The van der Waals surface area contributed by atoms with E-state index >= 15 is 0 Å². The van der Waals surface area contributed by atoms with Crippen molar-refractivity contribution in [1.82, 2.24) is 0 Å². The van der Waals surface area contributed by atoms with Crippen molar-refractivity contribution in [2.45, 2.75) is 76.7 Å². The molecule has 1 aliphatic carbocycles. The Morgan fingerprint density at radius 3 is 1.92 bits per heavy atom. The van der Waals surface area contributed by atoms with E-state index in [1.807, 2.05) is 0 Å². The van der Waals surface area contributed by atoms with Crippen LogP contribution >= 0.6 is 0 Å². The highest BCUT2D eigenvalue weighted by Gasteiger charge is 2.57. The van der Waals surface area contributed by atoms with Crippen LogP contribution < -0.4 is 4.90 Å². The first-order chi connectivity index (χ1) is 18.7. The van der Waals surface area contributed by atoms with Crippen LogP contribution in [0.1, 0.15) is 71.4 Å². The molecule has 1 nitrogen and oxygen atoms in total. The first-order valence-electron chi connectivity index (χ1n) is 14.7. The van der Waals surface area contributed by atoms with Crippen LogP contribution in [0.5, 0.6) is 0 Å². The molecule has 39 heavy (non-hydrogen) atoms. The van der Waals surface area contributed by atoms with E-state index in [2.05, 4.69) is 137 Å². The Balaban J connectivity index is 1.46. The Morgan fingerprint density at radius 1 is 0.667 bits per heavy atom. The number of fused-ring (bicyclic) bond motifs is 5. The predicted octanol–water partition coefficient (Wildman–Crippen LogP) is 10.7. The average Bonchev–Trinajstić information content (AvgIpc) is 3.14. The lowest BCUT2D eigenvalue weighted by molar-refractivity contribution is 0.195. The molecule has 0 amide bonds. The fourth-order valence-electron chi connectivity index (χ4n) is 7.73. The van der Waals surface area contributed by atoms with Crippen LogP contribution in [0.3, 0.4) is 0 Å². The van der Waals surface area contributed by atoms with Gasteiger partial charge in [-0.1, -0.05) is 107 Å². The summed E-state index contributed by atoms with van der Waals surface area (Å²) in [5, 5.41) is 5.28. The molecule has 2 unspecified atom stereocenters. The molecule has 0 bridgehead atoms. The molecule has 0 spiro atoms. The van der Waals surface area contributed by atoms with Crippen LogP contribution in [0.15, 0.2) is 97.1 Å². The fourth-order valence-corrected chi connectivity index (χ4v) is 7.73. The van der Waals surface area contributed by atoms with E-state index in [-0.39, 0.29) is 16.4 Å². The Bertz CT molecular complexity index is 1670. The summed E-state index contributed by atoms with van der Waals surface area (Å²) >= 11 is 0. The molecule has 1 heteroatoms. The molecular formula is C38H39N. The number of hydrogen-bond acceptors (Lipinski definition) is 1. The van der Waals surface area contributed by atoms with Crippen LogP contribution in [-0.2, 0) is 10.8 Å². The van der Waals surface area contributed by atoms with E-state index in [9.17, 15) is 0 Å². The minimum absolute atomic E-state index is 0.0519. The topological polar surface area (TPSA) is 3.24 Å². The van der Waals surface area contributed by atoms with Crippen LogP contribution in [0.25, 0.3) is 32.7 Å². The zero-order chi connectivity index (χ0) is 27.0. The smallest absolute Gasteiger partial charge is 0.0517 e. The van der Waals surface area contributed by atoms with Gasteiger partial charge in [-0.05, 0) is 99.3 Å². The summed E-state index contributed by atoms with van der Waals surface area (Å²) in [6.45, 7) is 12.0. The first kappa shape index (κ1) is 24.5. The summed E-state index contributed by atoms with van der Waals surface area (Å²) in [6.07, 6.45) is 5.03. The molecule has 5 aromatic rings.